The van der Waals surface area contributed by atoms with Crippen LogP contribution < -0.4 is 5.32 Å². The molecule has 2 unspecified atom stereocenters. The van der Waals surface area contributed by atoms with Crippen LogP contribution in [0.3, 0.4) is 0 Å². The second-order valence-corrected chi connectivity index (χ2v) is 4.20. The molecule has 17 heavy (non-hydrogen) atoms. The van der Waals surface area contributed by atoms with Crippen molar-refractivity contribution >= 4 is 5.97 Å². The molecule has 0 saturated heterocycles. The van der Waals surface area contributed by atoms with E-state index in [0.717, 1.165) is 18.5 Å². The monoisotopic (exact) mass is 239 g/mol. The Balaban J connectivity index is 2.62. The van der Waals surface area contributed by atoms with Gasteiger partial charge in [0.15, 0.2) is 0 Å². The van der Waals surface area contributed by atoms with E-state index in [-0.39, 0.29) is 6.04 Å². The van der Waals surface area contributed by atoms with E-state index in [0.29, 0.717) is 6.42 Å². The summed E-state index contributed by atoms with van der Waals surface area (Å²) in [6.07, 6.45) is 5.22. The van der Waals surface area contributed by atoms with Gasteiger partial charge < -0.3 is 5.11 Å². The number of aromatic nitrogens is 2. The lowest BCUT2D eigenvalue weighted by Crippen LogP contribution is -2.38. The van der Waals surface area contributed by atoms with Crippen LogP contribution in [0.4, 0.5) is 0 Å². The fraction of sp³-hybridized carbons (Fsp3) is 0.667. The van der Waals surface area contributed by atoms with E-state index in [2.05, 4.69) is 10.4 Å². The molecule has 0 aliphatic rings. The van der Waals surface area contributed by atoms with Gasteiger partial charge >= 0.3 is 5.97 Å². The number of aliphatic carboxylic acids is 1. The zero-order valence-corrected chi connectivity index (χ0v) is 10.7. The Bertz CT molecular complexity index is 362. The van der Waals surface area contributed by atoms with E-state index < -0.39 is 12.0 Å². The molecule has 5 heteroatoms. The van der Waals surface area contributed by atoms with Gasteiger partial charge in [0.25, 0.3) is 0 Å². The van der Waals surface area contributed by atoms with Crippen molar-refractivity contribution in [3.8, 4) is 0 Å². The number of carboxylic acids is 1. The Kier molecular flexibility index (Phi) is 5.15. The van der Waals surface area contributed by atoms with Crippen LogP contribution in [0.5, 0.6) is 0 Å². The second kappa shape index (κ2) is 6.39. The van der Waals surface area contributed by atoms with Crippen LogP contribution in [-0.4, -0.2) is 26.9 Å². The highest BCUT2D eigenvalue weighted by molar-refractivity contribution is 5.73. The summed E-state index contributed by atoms with van der Waals surface area (Å²) >= 11 is 0. The number of nitrogens with one attached hydrogen (secondary N) is 1. The lowest BCUT2D eigenvalue weighted by atomic mass is 10.1. The third kappa shape index (κ3) is 3.85. The Morgan fingerprint density at radius 1 is 1.59 bits per heavy atom. The summed E-state index contributed by atoms with van der Waals surface area (Å²) < 4.78 is 1.84. The summed E-state index contributed by atoms with van der Waals surface area (Å²) in [5.74, 6) is -0.790. The largest absolute Gasteiger partial charge is 0.480 e. The molecule has 2 N–H and O–H groups in total. The third-order valence-electron chi connectivity index (χ3n) is 2.80. The zero-order chi connectivity index (χ0) is 12.8. The van der Waals surface area contributed by atoms with Gasteiger partial charge in [0.2, 0.25) is 0 Å². The normalized spacial score (nSPS) is 14.5. The Labute approximate surface area is 102 Å². The van der Waals surface area contributed by atoms with Gasteiger partial charge in [0, 0.05) is 24.3 Å². The topological polar surface area (TPSA) is 67.2 Å². The van der Waals surface area contributed by atoms with Crippen molar-refractivity contribution in [2.24, 2.45) is 0 Å². The molecule has 0 aromatic carbocycles. The number of carbonyl (C=O) groups is 1. The Morgan fingerprint density at radius 3 is 2.76 bits per heavy atom. The first-order valence-corrected chi connectivity index (χ1v) is 6.09. The summed E-state index contributed by atoms with van der Waals surface area (Å²) in [5.41, 5.74) is 1.02. The third-order valence-corrected chi connectivity index (χ3v) is 2.80. The van der Waals surface area contributed by atoms with Crippen molar-refractivity contribution in [2.45, 2.75) is 52.2 Å². The molecule has 0 aliphatic carbocycles. The molecule has 1 aromatic rings. The molecule has 0 aliphatic heterocycles. The SMILES string of the molecule is CCCC(NC(C)c1cnn(CC)c1)C(=O)O. The van der Waals surface area contributed by atoms with E-state index in [1.54, 1.807) is 6.20 Å². The maximum atomic E-state index is 11.0. The zero-order valence-electron chi connectivity index (χ0n) is 10.7. The van der Waals surface area contributed by atoms with Gasteiger partial charge in [-0.25, -0.2) is 0 Å². The van der Waals surface area contributed by atoms with Crippen molar-refractivity contribution in [2.75, 3.05) is 0 Å². The summed E-state index contributed by atoms with van der Waals surface area (Å²) in [4.78, 5) is 11.0. The molecule has 0 bridgehead atoms. The second-order valence-electron chi connectivity index (χ2n) is 4.20. The number of hydrogen-bond acceptors (Lipinski definition) is 3. The summed E-state index contributed by atoms with van der Waals surface area (Å²) in [7, 11) is 0. The summed E-state index contributed by atoms with van der Waals surface area (Å²) in [5, 5.41) is 16.4. The fourth-order valence-corrected chi connectivity index (χ4v) is 1.74. The molecule has 1 aromatic heterocycles. The highest BCUT2D eigenvalue weighted by atomic mass is 16.4. The van der Waals surface area contributed by atoms with Crippen LogP contribution in [-0.2, 0) is 11.3 Å². The minimum Gasteiger partial charge on any atom is -0.480 e. The van der Waals surface area contributed by atoms with E-state index in [1.807, 2.05) is 31.6 Å². The maximum Gasteiger partial charge on any atom is 0.320 e. The van der Waals surface area contributed by atoms with Crippen LogP contribution in [0, 0.1) is 0 Å². The number of hydrogen-bond donors (Lipinski definition) is 2. The number of rotatable bonds is 7. The first-order chi connectivity index (χ1) is 8.08. The molecule has 0 radical (unpaired) electrons. The molecule has 1 rings (SSSR count). The van der Waals surface area contributed by atoms with Crippen molar-refractivity contribution < 1.29 is 9.90 Å². The Hall–Kier alpha value is -1.36. The van der Waals surface area contributed by atoms with Crippen LogP contribution >= 0.6 is 0 Å². The molecule has 96 valence electrons. The van der Waals surface area contributed by atoms with Crippen molar-refractivity contribution in [3.05, 3.63) is 18.0 Å². The van der Waals surface area contributed by atoms with E-state index in [1.165, 1.54) is 0 Å². The first kappa shape index (κ1) is 13.7. The maximum absolute atomic E-state index is 11.0. The van der Waals surface area contributed by atoms with Crippen LogP contribution in [0.2, 0.25) is 0 Å². The van der Waals surface area contributed by atoms with Gasteiger partial charge in [-0.2, -0.15) is 5.10 Å². The van der Waals surface area contributed by atoms with Gasteiger partial charge in [-0.3, -0.25) is 14.8 Å². The molecule has 1 heterocycles. The predicted molar refractivity (Wildman–Crippen MR) is 65.8 cm³/mol. The lowest BCUT2D eigenvalue weighted by Gasteiger charge is -2.18. The van der Waals surface area contributed by atoms with Gasteiger partial charge in [0.05, 0.1) is 6.20 Å². The fourth-order valence-electron chi connectivity index (χ4n) is 1.74. The first-order valence-electron chi connectivity index (χ1n) is 6.09. The van der Waals surface area contributed by atoms with Gasteiger partial charge in [0.1, 0.15) is 6.04 Å². The smallest absolute Gasteiger partial charge is 0.320 e. The minimum atomic E-state index is -0.790. The quantitative estimate of drug-likeness (QED) is 0.761. The van der Waals surface area contributed by atoms with Crippen LogP contribution in [0.15, 0.2) is 12.4 Å². The molecule has 2 atom stereocenters. The standard InChI is InChI=1S/C12H21N3O2/c1-4-6-11(12(16)17)14-9(3)10-7-13-15(5-2)8-10/h7-9,11,14H,4-6H2,1-3H3,(H,16,17). The minimum absolute atomic E-state index is 0.00273. The van der Waals surface area contributed by atoms with Crippen molar-refractivity contribution in [3.63, 3.8) is 0 Å². The van der Waals surface area contributed by atoms with Crippen molar-refractivity contribution in [1.82, 2.24) is 15.1 Å². The molecule has 5 nitrogen and oxygen atoms in total. The number of aryl methyl sites for hydroxylation is 1. The molecule has 0 fully saturated rings. The number of carboxylic acid groups (broad SMARTS) is 1. The summed E-state index contributed by atoms with van der Waals surface area (Å²) in [6.45, 7) is 6.79. The van der Waals surface area contributed by atoms with Crippen LogP contribution in [0.25, 0.3) is 0 Å². The molecule has 0 spiro atoms. The van der Waals surface area contributed by atoms with Crippen molar-refractivity contribution in [1.29, 1.82) is 0 Å². The van der Waals surface area contributed by atoms with E-state index >= 15 is 0 Å². The highest BCUT2D eigenvalue weighted by Gasteiger charge is 2.19. The molecule has 0 amide bonds. The number of nitrogens with zero attached hydrogens (tertiary/aromatic N) is 2. The average molecular weight is 239 g/mol. The molecule has 0 saturated carbocycles. The van der Waals surface area contributed by atoms with Gasteiger partial charge in [-0.1, -0.05) is 13.3 Å². The van der Waals surface area contributed by atoms with Gasteiger partial charge in [-0.05, 0) is 20.3 Å². The van der Waals surface area contributed by atoms with Gasteiger partial charge in [-0.15, -0.1) is 0 Å². The highest BCUT2D eigenvalue weighted by Crippen LogP contribution is 2.13. The lowest BCUT2D eigenvalue weighted by molar-refractivity contribution is -0.139. The van der Waals surface area contributed by atoms with Crippen LogP contribution in [0.1, 0.15) is 45.2 Å². The van der Waals surface area contributed by atoms with E-state index in [9.17, 15) is 4.79 Å². The summed E-state index contributed by atoms with van der Waals surface area (Å²) in [6, 6.07) is -0.483. The van der Waals surface area contributed by atoms with E-state index in [4.69, 9.17) is 5.11 Å². The Morgan fingerprint density at radius 2 is 2.29 bits per heavy atom. The molecular formula is C12H21N3O2. The average Bonchev–Trinajstić information content (AvgIpc) is 2.76. The molecular weight excluding hydrogens is 218 g/mol. The predicted octanol–water partition coefficient (Wildman–Crippen LogP) is 1.81.